The zero-order chi connectivity index (χ0) is 10.6. The van der Waals surface area contributed by atoms with Crippen molar-refractivity contribution in [2.75, 3.05) is 26.0 Å². The molecule has 14 heavy (non-hydrogen) atoms. The molecule has 0 fully saturated rings. The predicted molar refractivity (Wildman–Crippen MR) is 60.6 cm³/mol. The number of hydrogen-bond donors (Lipinski definition) is 1. The van der Waals surface area contributed by atoms with E-state index in [-0.39, 0.29) is 0 Å². The number of hydrogen-bond acceptors (Lipinski definition) is 3. The van der Waals surface area contributed by atoms with Gasteiger partial charge in [0, 0.05) is 18.8 Å². The van der Waals surface area contributed by atoms with Gasteiger partial charge in [0.05, 0.1) is 0 Å². The van der Waals surface area contributed by atoms with Gasteiger partial charge in [-0.2, -0.15) is 0 Å². The van der Waals surface area contributed by atoms with Crippen LogP contribution < -0.4 is 5.32 Å². The molecule has 0 aliphatic carbocycles. The van der Waals surface area contributed by atoms with Gasteiger partial charge in [-0.3, -0.25) is 0 Å². The van der Waals surface area contributed by atoms with Crippen molar-refractivity contribution in [3.05, 3.63) is 23.9 Å². The molecule has 0 amide bonds. The van der Waals surface area contributed by atoms with Gasteiger partial charge in [0.2, 0.25) is 0 Å². The van der Waals surface area contributed by atoms with Crippen LogP contribution in [0.25, 0.3) is 0 Å². The Kier molecular flexibility index (Phi) is 3.89. The molecule has 0 aliphatic heterocycles. The maximum atomic E-state index is 4.26. The Labute approximate surface area is 86.2 Å². The normalized spacial score (nSPS) is 12.9. The number of nitrogens with zero attached hydrogens (tertiary/aromatic N) is 2. The first-order chi connectivity index (χ1) is 6.58. The lowest BCUT2D eigenvalue weighted by atomic mass is 10.2. The van der Waals surface area contributed by atoms with Gasteiger partial charge in [-0.25, -0.2) is 4.98 Å². The molecule has 1 atom stereocenters. The average molecular weight is 193 g/mol. The first-order valence-corrected chi connectivity index (χ1v) is 4.92. The van der Waals surface area contributed by atoms with E-state index in [4.69, 9.17) is 0 Å². The van der Waals surface area contributed by atoms with Gasteiger partial charge in [-0.15, -0.1) is 0 Å². The number of pyridine rings is 1. The smallest absolute Gasteiger partial charge is 0.126 e. The Morgan fingerprint density at radius 2 is 2.21 bits per heavy atom. The fourth-order valence-corrected chi connectivity index (χ4v) is 1.46. The lowest BCUT2D eigenvalue weighted by Crippen LogP contribution is -2.29. The molecule has 0 saturated carbocycles. The highest BCUT2D eigenvalue weighted by molar-refractivity contribution is 5.37. The second kappa shape index (κ2) is 4.96. The summed E-state index contributed by atoms with van der Waals surface area (Å²) in [5.74, 6) is 0.958. The molecule has 0 radical (unpaired) electrons. The van der Waals surface area contributed by atoms with Crippen molar-refractivity contribution in [3.63, 3.8) is 0 Å². The van der Waals surface area contributed by atoms with Crippen molar-refractivity contribution >= 4 is 5.82 Å². The van der Waals surface area contributed by atoms with Crippen molar-refractivity contribution in [3.8, 4) is 0 Å². The van der Waals surface area contributed by atoms with E-state index in [0.29, 0.717) is 6.04 Å². The molecule has 1 heterocycles. The summed E-state index contributed by atoms with van der Waals surface area (Å²) in [4.78, 5) is 6.42. The second-order valence-electron chi connectivity index (χ2n) is 4.03. The van der Waals surface area contributed by atoms with Crippen LogP contribution in [0.1, 0.15) is 12.5 Å². The Morgan fingerprint density at radius 3 is 2.79 bits per heavy atom. The van der Waals surface area contributed by atoms with E-state index in [1.54, 1.807) is 0 Å². The Hall–Kier alpha value is -1.09. The van der Waals surface area contributed by atoms with E-state index in [2.05, 4.69) is 49.2 Å². The summed E-state index contributed by atoms with van der Waals surface area (Å²) in [6.45, 7) is 5.24. The maximum Gasteiger partial charge on any atom is 0.126 e. The minimum Gasteiger partial charge on any atom is -0.366 e. The van der Waals surface area contributed by atoms with Crippen molar-refractivity contribution in [1.82, 2.24) is 9.88 Å². The van der Waals surface area contributed by atoms with Gasteiger partial charge in [0.1, 0.15) is 5.82 Å². The van der Waals surface area contributed by atoms with Gasteiger partial charge in [-0.1, -0.05) is 0 Å². The van der Waals surface area contributed by atoms with E-state index in [1.807, 2.05) is 12.3 Å². The minimum absolute atomic E-state index is 0.416. The van der Waals surface area contributed by atoms with E-state index in [1.165, 1.54) is 5.56 Å². The van der Waals surface area contributed by atoms with Gasteiger partial charge in [0.25, 0.3) is 0 Å². The standard InChI is InChI=1S/C11H19N3/c1-9-5-6-12-11(7-9)13-10(2)8-14(3)4/h5-7,10H,8H2,1-4H3,(H,12,13)/t10-/m0/s1. The summed E-state index contributed by atoms with van der Waals surface area (Å²) in [5.41, 5.74) is 1.24. The molecule has 1 rings (SSSR count). The van der Waals surface area contributed by atoms with E-state index in [9.17, 15) is 0 Å². The van der Waals surface area contributed by atoms with E-state index in [0.717, 1.165) is 12.4 Å². The van der Waals surface area contributed by atoms with Gasteiger partial charge >= 0.3 is 0 Å². The first-order valence-electron chi connectivity index (χ1n) is 4.92. The lowest BCUT2D eigenvalue weighted by molar-refractivity contribution is 0.392. The number of anilines is 1. The fraction of sp³-hybridized carbons (Fsp3) is 0.545. The highest BCUT2D eigenvalue weighted by Gasteiger charge is 2.03. The summed E-state index contributed by atoms with van der Waals surface area (Å²) in [6, 6.07) is 4.48. The molecule has 78 valence electrons. The fourth-order valence-electron chi connectivity index (χ4n) is 1.46. The molecule has 1 aromatic heterocycles. The Bertz CT molecular complexity index is 284. The zero-order valence-electron chi connectivity index (χ0n) is 9.41. The summed E-state index contributed by atoms with van der Waals surface area (Å²) in [6.07, 6.45) is 1.83. The third-order valence-corrected chi connectivity index (χ3v) is 1.95. The van der Waals surface area contributed by atoms with Crippen molar-refractivity contribution in [1.29, 1.82) is 0 Å². The number of aryl methyl sites for hydroxylation is 1. The summed E-state index contributed by atoms with van der Waals surface area (Å²) in [7, 11) is 4.14. The van der Waals surface area contributed by atoms with Crippen LogP contribution in [-0.2, 0) is 0 Å². The quantitative estimate of drug-likeness (QED) is 0.789. The molecule has 1 N–H and O–H groups in total. The van der Waals surface area contributed by atoms with Crippen LogP contribution in [0.15, 0.2) is 18.3 Å². The topological polar surface area (TPSA) is 28.2 Å². The zero-order valence-corrected chi connectivity index (χ0v) is 9.41. The number of rotatable bonds is 4. The average Bonchev–Trinajstić information content (AvgIpc) is 2.01. The molecule has 3 heteroatoms. The minimum atomic E-state index is 0.416. The molecule has 0 aliphatic rings. The third kappa shape index (κ3) is 3.75. The molecule has 3 nitrogen and oxygen atoms in total. The molecule has 0 unspecified atom stereocenters. The van der Waals surface area contributed by atoms with Crippen LogP contribution in [0.5, 0.6) is 0 Å². The number of nitrogens with one attached hydrogen (secondary N) is 1. The van der Waals surface area contributed by atoms with Crippen molar-refractivity contribution in [2.45, 2.75) is 19.9 Å². The maximum absolute atomic E-state index is 4.26. The summed E-state index contributed by atoms with van der Waals surface area (Å²) in [5, 5.41) is 3.36. The summed E-state index contributed by atoms with van der Waals surface area (Å²) < 4.78 is 0. The SMILES string of the molecule is Cc1ccnc(N[C@@H](C)CN(C)C)c1. The first kappa shape index (κ1) is 11.0. The highest BCUT2D eigenvalue weighted by atomic mass is 15.1. The summed E-state index contributed by atoms with van der Waals surface area (Å²) >= 11 is 0. The van der Waals surface area contributed by atoms with Crippen LogP contribution in [0, 0.1) is 6.92 Å². The molecule has 0 spiro atoms. The van der Waals surface area contributed by atoms with E-state index >= 15 is 0 Å². The van der Waals surface area contributed by atoms with Gasteiger partial charge in [0.15, 0.2) is 0 Å². The van der Waals surface area contributed by atoms with Crippen LogP contribution in [0.2, 0.25) is 0 Å². The van der Waals surface area contributed by atoms with E-state index < -0.39 is 0 Å². The number of likely N-dealkylation sites (N-methyl/N-ethyl adjacent to an activating group) is 1. The molecule has 1 aromatic rings. The largest absolute Gasteiger partial charge is 0.366 e. The molecular formula is C11H19N3. The van der Waals surface area contributed by atoms with Gasteiger partial charge < -0.3 is 10.2 Å². The number of aromatic nitrogens is 1. The van der Waals surface area contributed by atoms with Crippen LogP contribution in [-0.4, -0.2) is 36.6 Å². The lowest BCUT2D eigenvalue weighted by Gasteiger charge is -2.18. The Balaban J connectivity index is 2.51. The molecule has 0 aromatic carbocycles. The molecule has 0 saturated heterocycles. The van der Waals surface area contributed by atoms with Gasteiger partial charge in [-0.05, 0) is 45.6 Å². The second-order valence-corrected chi connectivity index (χ2v) is 4.03. The van der Waals surface area contributed by atoms with Crippen molar-refractivity contribution < 1.29 is 0 Å². The van der Waals surface area contributed by atoms with Crippen LogP contribution >= 0.6 is 0 Å². The highest BCUT2D eigenvalue weighted by Crippen LogP contribution is 2.06. The predicted octanol–water partition coefficient (Wildman–Crippen LogP) is 1.75. The third-order valence-electron chi connectivity index (χ3n) is 1.95. The van der Waals surface area contributed by atoms with Crippen molar-refractivity contribution in [2.24, 2.45) is 0 Å². The Morgan fingerprint density at radius 1 is 1.50 bits per heavy atom. The molecular weight excluding hydrogens is 174 g/mol. The van der Waals surface area contributed by atoms with Crippen LogP contribution in [0.3, 0.4) is 0 Å². The molecule has 0 bridgehead atoms. The monoisotopic (exact) mass is 193 g/mol. The van der Waals surface area contributed by atoms with Crippen LogP contribution in [0.4, 0.5) is 5.82 Å².